The van der Waals surface area contributed by atoms with Crippen LogP contribution in [0.25, 0.3) is 0 Å². The van der Waals surface area contributed by atoms with E-state index in [1.54, 1.807) is 0 Å². The van der Waals surface area contributed by atoms with Crippen molar-refractivity contribution < 1.29 is 5.11 Å². The van der Waals surface area contributed by atoms with Crippen LogP contribution in [0.15, 0.2) is 16.6 Å². The fourth-order valence-electron chi connectivity index (χ4n) is 2.06. The van der Waals surface area contributed by atoms with Crippen LogP contribution in [-0.2, 0) is 6.42 Å². The Morgan fingerprint density at radius 1 is 1.53 bits per heavy atom. The molecule has 1 atom stereocenters. The van der Waals surface area contributed by atoms with Gasteiger partial charge < -0.3 is 10.4 Å². The van der Waals surface area contributed by atoms with E-state index in [0.29, 0.717) is 11.7 Å². The van der Waals surface area contributed by atoms with Crippen LogP contribution in [0.2, 0.25) is 0 Å². The van der Waals surface area contributed by atoms with Crippen LogP contribution in [0.1, 0.15) is 17.5 Å². The van der Waals surface area contributed by atoms with E-state index in [1.807, 2.05) is 13.0 Å². The van der Waals surface area contributed by atoms with Crippen molar-refractivity contribution >= 4 is 15.9 Å². The topological polar surface area (TPSA) is 32.3 Å². The molecule has 82 valence electrons. The summed E-state index contributed by atoms with van der Waals surface area (Å²) >= 11 is 3.47. The van der Waals surface area contributed by atoms with Gasteiger partial charge in [0.1, 0.15) is 5.75 Å². The number of rotatable bonds is 2. The normalized spacial score (nSPS) is 20.8. The highest BCUT2D eigenvalue weighted by molar-refractivity contribution is 9.10. The molecule has 1 aromatic carbocycles. The largest absolute Gasteiger partial charge is 0.506 e. The third kappa shape index (κ3) is 2.34. The van der Waals surface area contributed by atoms with Crippen molar-refractivity contribution in [2.75, 3.05) is 13.1 Å². The second-order valence-corrected chi connectivity index (χ2v) is 5.06. The zero-order valence-electron chi connectivity index (χ0n) is 8.89. The Kier molecular flexibility index (Phi) is 3.32. The van der Waals surface area contributed by atoms with Gasteiger partial charge in [-0.15, -0.1) is 0 Å². The molecule has 2 rings (SSSR count). The summed E-state index contributed by atoms with van der Waals surface area (Å²) in [5.74, 6) is 1.10. The Bertz CT molecular complexity index is 359. The monoisotopic (exact) mass is 269 g/mol. The first-order chi connectivity index (χ1) is 7.18. The number of phenolic OH excluding ortho intramolecular Hbond substituents is 1. The predicted octanol–water partition coefficient (Wildman–Crippen LogP) is 2.62. The lowest BCUT2D eigenvalue weighted by Crippen LogP contribution is -2.11. The van der Waals surface area contributed by atoms with Gasteiger partial charge in [0.05, 0.1) is 4.47 Å². The first-order valence-electron chi connectivity index (χ1n) is 5.36. The number of halogens is 1. The van der Waals surface area contributed by atoms with Gasteiger partial charge in [-0.3, -0.25) is 0 Å². The highest BCUT2D eigenvalue weighted by atomic mass is 79.9. The lowest BCUT2D eigenvalue weighted by atomic mass is 9.98. The average Bonchev–Trinajstić information content (AvgIpc) is 2.72. The molecule has 1 unspecified atom stereocenters. The van der Waals surface area contributed by atoms with E-state index < -0.39 is 0 Å². The van der Waals surface area contributed by atoms with Crippen LogP contribution < -0.4 is 5.32 Å². The van der Waals surface area contributed by atoms with Gasteiger partial charge in [0.2, 0.25) is 0 Å². The van der Waals surface area contributed by atoms with Crippen LogP contribution in [0, 0.1) is 12.8 Å². The van der Waals surface area contributed by atoms with Gasteiger partial charge in [0.15, 0.2) is 0 Å². The van der Waals surface area contributed by atoms with Gasteiger partial charge in [-0.25, -0.2) is 0 Å². The van der Waals surface area contributed by atoms with Crippen molar-refractivity contribution in [2.45, 2.75) is 19.8 Å². The van der Waals surface area contributed by atoms with Crippen molar-refractivity contribution in [1.29, 1.82) is 0 Å². The molecule has 1 aliphatic rings. The lowest BCUT2D eigenvalue weighted by Gasteiger charge is -2.12. The number of phenols is 1. The van der Waals surface area contributed by atoms with Gasteiger partial charge in [-0.05, 0) is 65.8 Å². The molecule has 0 amide bonds. The average molecular weight is 270 g/mol. The molecule has 1 aliphatic heterocycles. The summed E-state index contributed by atoms with van der Waals surface area (Å²) in [4.78, 5) is 0. The lowest BCUT2D eigenvalue weighted by molar-refractivity contribution is 0.465. The predicted molar refractivity (Wildman–Crippen MR) is 65.2 cm³/mol. The van der Waals surface area contributed by atoms with Crippen LogP contribution >= 0.6 is 15.9 Å². The van der Waals surface area contributed by atoms with Crippen molar-refractivity contribution in [2.24, 2.45) is 5.92 Å². The molecule has 0 bridgehead atoms. The maximum absolute atomic E-state index is 9.80. The first-order valence-corrected chi connectivity index (χ1v) is 6.15. The molecule has 1 heterocycles. The minimum Gasteiger partial charge on any atom is -0.506 e. The molecule has 0 saturated carbocycles. The van der Waals surface area contributed by atoms with Crippen molar-refractivity contribution in [3.05, 3.63) is 27.7 Å². The zero-order chi connectivity index (χ0) is 10.8. The Morgan fingerprint density at radius 2 is 2.33 bits per heavy atom. The summed E-state index contributed by atoms with van der Waals surface area (Å²) in [6.45, 7) is 4.14. The number of aryl methyl sites for hydroxylation is 1. The van der Waals surface area contributed by atoms with Crippen molar-refractivity contribution in [1.82, 2.24) is 5.32 Å². The molecule has 1 fully saturated rings. The quantitative estimate of drug-likeness (QED) is 0.865. The van der Waals surface area contributed by atoms with E-state index in [-0.39, 0.29) is 0 Å². The fourth-order valence-corrected chi connectivity index (χ4v) is 2.67. The van der Waals surface area contributed by atoms with Gasteiger partial charge in [-0.1, -0.05) is 12.1 Å². The van der Waals surface area contributed by atoms with Crippen LogP contribution in [0.3, 0.4) is 0 Å². The summed E-state index contributed by atoms with van der Waals surface area (Å²) < 4.78 is 0.870. The summed E-state index contributed by atoms with van der Waals surface area (Å²) in [6.07, 6.45) is 2.28. The molecule has 2 nitrogen and oxygen atoms in total. The molecular formula is C12H16BrNO. The Morgan fingerprint density at radius 3 is 3.00 bits per heavy atom. The number of nitrogens with one attached hydrogen (secondary N) is 1. The summed E-state index contributed by atoms with van der Waals surface area (Å²) in [7, 11) is 0. The second kappa shape index (κ2) is 4.54. The van der Waals surface area contributed by atoms with Crippen LogP contribution in [0.4, 0.5) is 0 Å². The summed E-state index contributed by atoms with van der Waals surface area (Å²) in [6, 6.07) is 4.09. The number of benzene rings is 1. The molecule has 15 heavy (non-hydrogen) atoms. The minimum absolute atomic E-state index is 0.387. The molecule has 0 aliphatic carbocycles. The van der Waals surface area contributed by atoms with E-state index in [4.69, 9.17) is 0 Å². The number of hydrogen-bond acceptors (Lipinski definition) is 2. The zero-order valence-corrected chi connectivity index (χ0v) is 10.5. The summed E-state index contributed by atoms with van der Waals surface area (Å²) in [5.41, 5.74) is 2.14. The maximum Gasteiger partial charge on any atom is 0.132 e. The van der Waals surface area contributed by atoms with E-state index in [9.17, 15) is 5.11 Å². The number of aromatic hydroxyl groups is 1. The van der Waals surface area contributed by atoms with Gasteiger partial charge in [0.25, 0.3) is 0 Å². The van der Waals surface area contributed by atoms with Crippen LogP contribution in [-0.4, -0.2) is 18.2 Å². The standard InChI is InChI=1S/C12H16BrNO/c1-8-2-3-10(11(13)12(8)15)6-9-4-5-14-7-9/h2-3,9,14-15H,4-7H2,1H3. The van der Waals surface area contributed by atoms with Crippen LogP contribution in [0.5, 0.6) is 5.75 Å². The highest BCUT2D eigenvalue weighted by Crippen LogP contribution is 2.32. The fraction of sp³-hybridized carbons (Fsp3) is 0.500. The van der Waals surface area contributed by atoms with Gasteiger partial charge in [0, 0.05) is 0 Å². The maximum atomic E-state index is 9.80. The van der Waals surface area contributed by atoms with Gasteiger partial charge >= 0.3 is 0 Å². The van der Waals surface area contributed by atoms with E-state index in [0.717, 1.165) is 29.5 Å². The SMILES string of the molecule is Cc1ccc(CC2CCNC2)c(Br)c1O. The van der Waals surface area contributed by atoms with Crippen molar-refractivity contribution in [3.8, 4) is 5.75 Å². The van der Waals surface area contributed by atoms with Crippen molar-refractivity contribution in [3.63, 3.8) is 0 Å². The molecule has 0 spiro atoms. The Balaban J connectivity index is 2.17. The molecule has 1 aromatic rings. The Hall–Kier alpha value is -0.540. The third-order valence-corrected chi connectivity index (χ3v) is 3.95. The summed E-state index contributed by atoms with van der Waals surface area (Å²) in [5, 5.41) is 13.2. The smallest absolute Gasteiger partial charge is 0.132 e. The van der Waals surface area contributed by atoms with E-state index in [1.165, 1.54) is 12.0 Å². The second-order valence-electron chi connectivity index (χ2n) is 4.27. The molecule has 0 radical (unpaired) electrons. The molecule has 1 saturated heterocycles. The minimum atomic E-state index is 0.387. The van der Waals surface area contributed by atoms with E-state index in [2.05, 4.69) is 27.3 Å². The Labute approximate surface area is 98.8 Å². The molecule has 2 N–H and O–H groups in total. The van der Waals surface area contributed by atoms with Gasteiger partial charge in [-0.2, -0.15) is 0 Å². The van der Waals surface area contributed by atoms with E-state index >= 15 is 0 Å². The molecular weight excluding hydrogens is 254 g/mol. The first kappa shape index (κ1) is 11.0. The third-order valence-electron chi connectivity index (χ3n) is 3.07. The number of hydrogen-bond donors (Lipinski definition) is 2. The molecule has 0 aromatic heterocycles. The molecule has 3 heteroatoms. The highest BCUT2D eigenvalue weighted by Gasteiger charge is 2.17.